The van der Waals surface area contributed by atoms with Crippen LogP contribution < -0.4 is 5.32 Å². The predicted octanol–water partition coefficient (Wildman–Crippen LogP) is 0.694. The summed E-state index contributed by atoms with van der Waals surface area (Å²) >= 11 is 1.63. The molecule has 0 fully saturated rings. The van der Waals surface area contributed by atoms with E-state index in [2.05, 4.69) is 5.32 Å². The van der Waals surface area contributed by atoms with Gasteiger partial charge in [-0.1, -0.05) is 6.07 Å². The van der Waals surface area contributed by atoms with E-state index in [1.807, 2.05) is 24.4 Å². The Labute approximate surface area is 118 Å². The van der Waals surface area contributed by atoms with Crippen molar-refractivity contribution in [2.45, 2.75) is 19.6 Å². The Balaban J connectivity index is 2.04. The number of thiophene rings is 1. The van der Waals surface area contributed by atoms with Crippen LogP contribution in [0.2, 0.25) is 0 Å². The summed E-state index contributed by atoms with van der Waals surface area (Å²) in [7, 11) is 1.75. The van der Waals surface area contributed by atoms with Crippen molar-refractivity contribution in [2.75, 3.05) is 33.3 Å². The number of carbonyl (C=O) groups excluding carboxylic acids is 1. The highest BCUT2D eigenvalue weighted by Crippen LogP contribution is 2.09. The molecule has 1 unspecified atom stereocenters. The summed E-state index contributed by atoms with van der Waals surface area (Å²) in [6.07, 6.45) is -0.598. The summed E-state index contributed by atoms with van der Waals surface area (Å²) in [5.74, 6) is 0.0224. The maximum atomic E-state index is 11.5. The quantitative estimate of drug-likeness (QED) is 0.701. The fourth-order valence-electron chi connectivity index (χ4n) is 1.41. The molecule has 108 valence electrons. The summed E-state index contributed by atoms with van der Waals surface area (Å²) in [5.41, 5.74) is 0. The molecule has 2 N–H and O–H groups in total. The number of aliphatic hydroxyl groups excluding tert-OH is 1. The molecule has 0 aromatic carbocycles. The number of hydrogen-bond acceptors (Lipinski definition) is 5. The van der Waals surface area contributed by atoms with Crippen LogP contribution in [0.1, 0.15) is 11.8 Å². The van der Waals surface area contributed by atoms with Gasteiger partial charge in [0.2, 0.25) is 5.91 Å². The average Bonchev–Trinajstić information content (AvgIpc) is 2.90. The molecule has 0 aliphatic rings. The standard InChI is InChI=1S/C13H22N2O3S/c1-3-15(2)13(17)8-14-7-11(16)9-18-10-12-5-4-6-19-12/h4-6,11,14,16H,3,7-10H2,1-2H3. The molecule has 5 nitrogen and oxygen atoms in total. The molecule has 1 heterocycles. The second kappa shape index (κ2) is 9.03. The first-order chi connectivity index (χ1) is 9.13. The Morgan fingerprint density at radius 3 is 3.05 bits per heavy atom. The minimum atomic E-state index is -0.598. The smallest absolute Gasteiger partial charge is 0.236 e. The molecule has 1 atom stereocenters. The number of aliphatic hydroxyl groups is 1. The molecule has 19 heavy (non-hydrogen) atoms. The number of nitrogens with one attached hydrogen (secondary N) is 1. The van der Waals surface area contributed by atoms with Gasteiger partial charge in [0, 0.05) is 25.0 Å². The van der Waals surface area contributed by atoms with Gasteiger partial charge in [-0.2, -0.15) is 0 Å². The van der Waals surface area contributed by atoms with Crippen molar-refractivity contribution in [3.63, 3.8) is 0 Å². The summed E-state index contributed by atoms with van der Waals surface area (Å²) in [5, 5.41) is 14.6. The van der Waals surface area contributed by atoms with Crippen molar-refractivity contribution in [1.29, 1.82) is 0 Å². The fraction of sp³-hybridized carbons (Fsp3) is 0.615. The highest BCUT2D eigenvalue weighted by molar-refractivity contribution is 7.09. The Morgan fingerprint density at radius 1 is 1.63 bits per heavy atom. The summed E-state index contributed by atoms with van der Waals surface area (Å²) in [6, 6.07) is 3.96. The minimum Gasteiger partial charge on any atom is -0.389 e. The lowest BCUT2D eigenvalue weighted by Gasteiger charge is -2.16. The molecule has 6 heteroatoms. The molecule has 0 saturated carbocycles. The molecule has 1 amide bonds. The zero-order valence-corrected chi connectivity index (χ0v) is 12.3. The van der Waals surface area contributed by atoms with Crippen LogP contribution in [0.3, 0.4) is 0 Å². The first-order valence-corrected chi connectivity index (χ1v) is 7.24. The van der Waals surface area contributed by atoms with Crippen LogP contribution in [0.25, 0.3) is 0 Å². The van der Waals surface area contributed by atoms with E-state index in [1.54, 1.807) is 23.3 Å². The summed E-state index contributed by atoms with van der Waals surface area (Å²) in [4.78, 5) is 14.2. The van der Waals surface area contributed by atoms with E-state index in [1.165, 1.54) is 0 Å². The van der Waals surface area contributed by atoms with E-state index in [0.717, 1.165) is 4.88 Å². The van der Waals surface area contributed by atoms with Crippen LogP contribution in [-0.4, -0.2) is 55.3 Å². The molecule has 1 aromatic heterocycles. The molecule has 0 aliphatic heterocycles. The molecule has 0 radical (unpaired) electrons. The monoisotopic (exact) mass is 286 g/mol. The van der Waals surface area contributed by atoms with Gasteiger partial charge in [-0.15, -0.1) is 11.3 Å². The van der Waals surface area contributed by atoms with Gasteiger partial charge >= 0.3 is 0 Å². The third kappa shape index (κ3) is 6.68. The van der Waals surface area contributed by atoms with Crippen LogP contribution in [0, 0.1) is 0 Å². The van der Waals surface area contributed by atoms with E-state index < -0.39 is 6.10 Å². The number of carbonyl (C=O) groups is 1. The van der Waals surface area contributed by atoms with E-state index >= 15 is 0 Å². The van der Waals surface area contributed by atoms with Crippen molar-refractivity contribution in [2.24, 2.45) is 0 Å². The molecular formula is C13H22N2O3S. The fourth-order valence-corrected chi connectivity index (χ4v) is 2.05. The molecule has 0 aliphatic carbocycles. The molecule has 0 saturated heterocycles. The van der Waals surface area contributed by atoms with Gasteiger partial charge in [0.15, 0.2) is 0 Å². The SMILES string of the molecule is CCN(C)C(=O)CNCC(O)COCc1cccs1. The first-order valence-electron chi connectivity index (χ1n) is 6.36. The lowest BCUT2D eigenvalue weighted by molar-refractivity contribution is -0.128. The van der Waals surface area contributed by atoms with Crippen molar-refractivity contribution in [3.05, 3.63) is 22.4 Å². The molecule has 1 rings (SSSR count). The molecule has 0 spiro atoms. The number of rotatable bonds is 9. The number of likely N-dealkylation sites (N-methyl/N-ethyl adjacent to an activating group) is 1. The van der Waals surface area contributed by atoms with E-state index in [9.17, 15) is 9.90 Å². The summed E-state index contributed by atoms with van der Waals surface area (Å²) in [6.45, 7) is 3.99. The van der Waals surface area contributed by atoms with Gasteiger partial charge in [-0.3, -0.25) is 4.79 Å². The highest BCUT2D eigenvalue weighted by Gasteiger charge is 2.08. The highest BCUT2D eigenvalue weighted by atomic mass is 32.1. The molecule has 1 aromatic rings. The molecular weight excluding hydrogens is 264 g/mol. The average molecular weight is 286 g/mol. The predicted molar refractivity (Wildman–Crippen MR) is 76.2 cm³/mol. The van der Waals surface area contributed by atoms with Crippen molar-refractivity contribution < 1.29 is 14.6 Å². The van der Waals surface area contributed by atoms with Gasteiger partial charge in [0.25, 0.3) is 0 Å². The topological polar surface area (TPSA) is 61.8 Å². The van der Waals surface area contributed by atoms with Gasteiger partial charge in [-0.25, -0.2) is 0 Å². The van der Waals surface area contributed by atoms with Gasteiger partial charge < -0.3 is 20.1 Å². The normalized spacial score (nSPS) is 12.4. The van der Waals surface area contributed by atoms with E-state index in [4.69, 9.17) is 4.74 Å². The summed E-state index contributed by atoms with van der Waals surface area (Å²) < 4.78 is 5.39. The largest absolute Gasteiger partial charge is 0.389 e. The number of ether oxygens (including phenoxy) is 1. The Hall–Kier alpha value is -0.950. The van der Waals surface area contributed by atoms with Gasteiger partial charge in [0.05, 0.1) is 25.9 Å². The lowest BCUT2D eigenvalue weighted by Crippen LogP contribution is -2.39. The van der Waals surface area contributed by atoms with Crippen LogP contribution in [0.15, 0.2) is 17.5 Å². The number of amides is 1. The van der Waals surface area contributed by atoms with Crippen molar-refractivity contribution in [1.82, 2.24) is 10.2 Å². The number of hydrogen-bond donors (Lipinski definition) is 2. The zero-order valence-electron chi connectivity index (χ0n) is 11.5. The van der Waals surface area contributed by atoms with Crippen LogP contribution in [0.4, 0.5) is 0 Å². The Kier molecular flexibility index (Phi) is 7.66. The maximum Gasteiger partial charge on any atom is 0.236 e. The van der Waals surface area contributed by atoms with E-state index in [-0.39, 0.29) is 19.1 Å². The Bertz CT molecular complexity index is 357. The third-order valence-electron chi connectivity index (χ3n) is 2.69. The van der Waals surface area contributed by atoms with Gasteiger partial charge in [0.1, 0.15) is 0 Å². The van der Waals surface area contributed by atoms with Crippen molar-refractivity contribution >= 4 is 17.2 Å². The second-order valence-corrected chi connectivity index (χ2v) is 5.32. The van der Waals surface area contributed by atoms with Crippen LogP contribution >= 0.6 is 11.3 Å². The van der Waals surface area contributed by atoms with Crippen LogP contribution in [0.5, 0.6) is 0 Å². The zero-order chi connectivity index (χ0) is 14.1. The number of nitrogens with zero attached hydrogens (tertiary/aromatic N) is 1. The van der Waals surface area contributed by atoms with Crippen molar-refractivity contribution in [3.8, 4) is 0 Å². The molecule has 0 bridgehead atoms. The Morgan fingerprint density at radius 2 is 2.42 bits per heavy atom. The second-order valence-electron chi connectivity index (χ2n) is 4.29. The van der Waals surface area contributed by atoms with Gasteiger partial charge in [-0.05, 0) is 18.4 Å². The van der Waals surface area contributed by atoms with E-state index in [0.29, 0.717) is 19.7 Å². The minimum absolute atomic E-state index is 0.0224. The lowest BCUT2D eigenvalue weighted by atomic mass is 10.3. The first kappa shape index (κ1) is 16.1. The third-order valence-corrected chi connectivity index (χ3v) is 3.54. The maximum absolute atomic E-state index is 11.5. The van der Waals surface area contributed by atoms with Crippen LogP contribution in [-0.2, 0) is 16.1 Å².